The summed E-state index contributed by atoms with van der Waals surface area (Å²) in [7, 11) is 2.10. The van der Waals surface area contributed by atoms with Gasteiger partial charge in [-0.05, 0) is 53.8 Å². The summed E-state index contributed by atoms with van der Waals surface area (Å²) in [4.78, 5) is 3.60. The van der Waals surface area contributed by atoms with Crippen molar-refractivity contribution in [3.63, 3.8) is 0 Å². The molecule has 0 radical (unpaired) electrons. The van der Waals surface area contributed by atoms with Crippen LogP contribution in [-0.2, 0) is 13.6 Å². The van der Waals surface area contributed by atoms with Crippen molar-refractivity contribution in [1.82, 2.24) is 9.88 Å². The number of rotatable bonds is 4. The van der Waals surface area contributed by atoms with Gasteiger partial charge in [-0.1, -0.05) is 36.4 Å². The first-order valence-electron chi connectivity index (χ1n) is 8.98. The summed E-state index contributed by atoms with van der Waals surface area (Å²) in [5.41, 5.74) is 4.71. The van der Waals surface area contributed by atoms with Gasteiger partial charge in [0, 0.05) is 31.3 Å². The maximum Gasteiger partial charge on any atom is 0.187 e. The first kappa shape index (κ1) is 15.9. The maximum absolute atomic E-state index is 7.28. The molecule has 3 nitrogen and oxygen atoms in total. The minimum atomic E-state index is 0.574. The molecule has 1 N–H and O–H groups in total. The van der Waals surface area contributed by atoms with Crippen LogP contribution in [0.1, 0.15) is 36.3 Å². The molecule has 3 heteroatoms. The minimum absolute atomic E-state index is 0.574. The molecule has 0 saturated heterocycles. The normalized spacial score (nSPS) is 20.0. The standard InChI is InChI=1S/C22H23N3/c1-23-18-10-11-22-20(13-18)21(15-25(22)2)17-8-9-19(12-17)24-14-16-6-4-3-5-7-16/h3-7,10-11,13,15,17,19,24H,8-9,12,14H2,2H3. The zero-order valence-electron chi connectivity index (χ0n) is 14.6. The van der Waals surface area contributed by atoms with Crippen LogP contribution in [0.15, 0.2) is 54.7 Å². The van der Waals surface area contributed by atoms with E-state index in [4.69, 9.17) is 6.57 Å². The van der Waals surface area contributed by atoms with Gasteiger partial charge in [0.2, 0.25) is 0 Å². The highest BCUT2D eigenvalue weighted by Gasteiger charge is 2.27. The molecule has 2 unspecified atom stereocenters. The predicted octanol–water partition coefficient (Wildman–Crippen LogP) is 5.15. The topological polar surface area (TPSA) is 21.3 Å². The molecule has 126 valence electrons. The third-order valence-corrected chi connectivity index (χ3v) is 5.44. The molecule has 0 aliphatic heterocycles. The lowest BCUT2D eigenvalue weighted by atomic mass is 9.96. The van der Waals surface area contributed by atoms with Crippen molar-refractivity contribution in [3.8, 4) is 0 Å². The number of benzene rings is 2. The van der Waals surface area contributed by atoms with E-state index in [9.17, 15) is 0 Å². The average Bonchev–Trinajstić information content (AvgIpc) is 3.25. The van der Waals surface area contributed by atoms with Gasteiger partial charge in [-0.2, -0.15) is 0 Å². The molecule has 2 aromatic carbocycles. The summed E-state index contributed by atoms with van der Waals surface area (Å²) in [5, 5.41) is 4.97. The fourth-order valence-corrected chi connectivity index (χ4v) is 4.11. The number of nitrogens with zero attached hydrogens (tertiary/aromatic N) is 2. The van der Waals surface area contributed by atoms with Crippen molar-refractivity contribution in [2.24, 2.45) is 7.05 Å². The highest BCUT2D eigenvalue weighted by Crippen LogP contribution is 2.39. The van der Waals surface area contributed by atoms with Crippen molar-refractivity contribution in [2.75, 3.05) is 0 Å². The summed E-state index contributed by atoms with van der Waals surface area (Å²) >= 11 is 0. The Morgan fingerprint density at radius 3 is 2.80 bits per heavy atom. The van der Waals surface area contributed by atoms with E-state index >= 15 is 0 Å². The smallest absolute Gasteiger partial charge is 0.187 e. The molecule has 3 aromatic rings. The van der Waals surface area contributed by atoms with Gasteiger partial charge in [0.05, 0.1) is 6.57 Å². The zero-order chi connectivity index (χ0) is 17.2. The number of aromatic nitrogens is 1. The Morgan fingerprint density at radius 2 is 2.00 bits per heavy atom. The van der Waals surface area contributed by atoms with Crippen molar-refractivity contribution < 1.29 is 0 Å². The van der Waals surface area contributed by atoms with E-state index in [1.807, 2.05) is 6.07 Å². The Labute approximate surface area is 149 Å². The van der Waals surface area contributed by atoms with Crippen LogP contribution in [0, 0.1) is 6.57 Å². The van der Waals surface area contributed by atoms with Crippen LogP contribution in [0.3, 0.4) is 0 Å². The average molecular weight is 329 g/mol. The van der Waals surface area contributed by atoms with Crippen LogP contribution >= 0.6 is 0 Å². The van der Waals surface area contributed by atoms with Crippen LogP contribution in [0.4, 0.5) is 5.69 Å². The predicted molar refractivity (Wildman–Crippen MR) is 103 cm³/mol. The monoisotopic (exact) mass is 329 g/mol. The maximum atomic E-state index is 7.28. The quantitative estimate of drug-likeness (QED) is 0.656. The second-order valence-corrected chi connectivity index (χ2v) is 7.08. The summed E-state index contributed by atoms with van der Waals surface area (Å²) in [5.74, 6) is 0.581. The van der Waals surface area contributed by atoms with E-state index in [0.29, 0.717) is 12.0 Å². The van der Waals surface area contributed by atoms with Crippen LogP contribution in [0.5, 0.6) is 0 Å². The van der Waals surface area contributed by atoms with Crippen LogP contribution < -0.4 is 5.32 Å². The molecule has 1 fully saturated rings. The van der Waals surface area contributed by atoms with Crippen molar-refractivity contribution >= 4 is 16.6 Å². The third kappa shape index (κ3) is 3.18. The van der Waals surface area contributed by atoms with Crippen LogP contribution in [0.25, 0.3) is 15.7 Å². The highest BCUT2D eigenvalue weighted by molar-refractivity contribution is 5.87. The fraction of sp³-hybridized carbons (Fsp3) is 0.318. The molecule has 0 amide bonds. The molecule has 1 aliphatic rings. The van der Waals surface area contributed by atoms with Gasteiger partial charge in [-0.25, -0.2) is 4.85 Å². The SMILES string of the molecule is [C-]#[N+]c1ccc2c(c1)c(C1CCC(NCc3ccccc3)C1)cn2C. The second-order valence-electron chi connectivity index (χ2n) is 7.08. The number of nitrogens with one attached hydrogen (secondary N) is 1. The molecule has 1 heterocycles. The van der Waals surface area contributed by atoms with E-state index in [2.05, 4.69) is 70.4 Å². The van der Waals surface area contributed by atoms with Crippen molar-refractivity contribution in [2.45, 2.75) is 37.8 Å². The summed E-state index contributed by atoms with van der Waals surface area (Å²) in [6, 6.07) is 17.2. The van der Waals surface area contributed by atoms with Gasteiger partial charge in [0.1, 0.15) is 0 Å². The van der Waals surface area contributed by atoms with Gasteiger partial charge >= 0.3 is 0 Å². The molecule has 2 atom stereocenters. The highest BCUT2D eigenvalue weighted by atomic mass is 14.9. The van der Waals surface area contributed by atoms with Gasteiger partial charge in [0.25, 0.3) is 0 Å². The van der Waals surface area contributed by atoms with Gasteiger partial charge in [0.15, 0.2) is 5.69 Å². The third-order valence-electron chi connectivity index (χ3n) is 5.44. The Hall–Kier alpha value is -2.57. The number of hydrogen-bond acceptors (Lipinski definition) is 1. The van der Waals surface area contributed by atoms with Crippen LogP contribution in [0.2, 0.25) is 0 Å². The van der Waals surface area contributed by atoms with Crippen molar-refractivity contribution in [3.05, 3.63) is 77.3 Å². The van der Waals surface area contributed by atoms with Gasteiger partial charge in [-0.15, -0.1) is 0 Å². The molecule has 1 aromatic heterocycles. The molecule has 0 spiro atoms. The summed E-state index contributed by atoms with van der Waals surface area (Å²) in [6.45, 7) is 8.22. The first-order chi connectivity index (χ1) is 12.2. The van der Waals surface area contributed by atoms with E-state index in [1.54, 1.807) is 0 Å². The lowest BCUT2D eigenvalue weighted by Crippen LogP contribution is -2.25. The number of fused-ring (bicyclic) bond motifs is 1. The van der Waals surface area contributed by atoms with E-state index in [-0.39, 0.29) is 0 Å². The summed E-state index contributed by atoms with van der Waals surface area (Å²) < 4.78 is 2.20. The van der Waals surface area contributed by atoms with E-state index < -0.39 is 0 Å². The number of hydrogen-bond donors (Lipinski definition) is 1. The second kappa shape index (κ2) is 6.74. The van der Waals surface area contributed by atoms with Gasteiger partial charge < -0.3 is 9.88 Å². The molecular formula is C22H23N3. The molecule has 25 heavy (non-hydrogen) atoms. The van der Waals surface area contributed by atoms with E-state index in [1.165, 1.54) is 41.3 Å². The minimum Gasteiger partial charge on any atom is -0.350 e. The lowest BCUT2D eigenvalue weighted by Gasteiger charge is -2.13. The van der Waals surface area contributed by atoms with Crippen molar-refractivity contribution in [1.29, 1.82) is 0 Å². The first-order valence-corrected chi connectivity index (χ1v) is 8.98. The molecule has 0 bridgehead atoms. The van der Waals surface area contributed by atoms with E-state index in [0.717, 1.165) is 12.2 Å². The largest absolute Gasteiger partial charge is 0.350 e. The van der Waals surface area contributed by atoms with Crippen LogP contribution in [-0.4, -0.2) is 10.6 Å². The number of aryl methyl sites for hydroxylation is 1. The zero-order valence-corrected chi connectivity index (χ0v) is 14.6. The Balaban J connectivity index is 1.50. The molecule has 4 rings (SSSR count). The lowest BCUT2D eigenvalue weighted by molar-refractivity contribution is 0.517. The summed E-state index contributed by atoms with van der Waals surface area (Å²) in [6.07, 6.45) is 5.88. The van der Waals surface area contributed by atoms with Gasteiger partial charge in [-0.3, -0.25) is 0 Å². The molecular weight excluding hydrogens is 306 g/mol. The molecule has 1 saturated carbocycles. The Kier molecular flexibility index (Phi) is 4.29. The molecule has 1 aliphatic carbocycles. The Morgan fingerprint density at radius 1 is 1.16 bits per heavy atom. The Bertz CT molecular complexity index is 918. The fourth-order valence-electron chi connectivity index (χ4n) is 4.11.